The van der Waals surface area contributed by atoms with Gasteiger partial charge in [-0.2, -0.15) is 0 Å². The third kappa shape index (κ3) is 3.09. The van der Waals surface area contributed by atoms with Gasteiger partial charge in [0.05, 0.1) is 24.5 Å². The van der Waals surface area contributed by atoms with Crippen LogP contribution in [-0.4, -0.2) is 84.0 Å². The molecule has 2 heterocycles. The Morgan fingerprint density at radius 2 is 1.59 bits per heavy atom. The second-order valence-corrected chi connectivity index (χ2v) is 6.70. The predicted molar refractivity (Wildman–Crippen MR) is 82.0 cm³/mol. The molecule has 3 rings (SSSR count). The third-order valence-corrected chi connectivity index (χ3v) is 5.06. The molecule has 2 amide bonds. The fourth-order valence-electron chi connectivity index (χ4n) is 3.65. The zero-order chi connectivity index (χ0) is 15.7. The van der Waals surface area contributed by atoms with E-state index in [0.29, 0.717) is 19.4 Å². The lowest BCUT2D eigenvalue weighted by atomic mass is 9.85. The van der Waals surface area contributed by atoms with Crippen LogP contribution in [0.5, 0.6) is 0 Å². The number of likely N-dealkylation sites (N-methyl/N-ethyl adjacent to an activating group) is 1. The second kappa shape index (κ2) is 6.48. The number of aliphatic hydroxyl groups is 1. The van der Waals surface area contributed by atoms with Crippen molar-refractivity contribution in [1.82, 2.24) is 14.7 Å². The number of hydrogen-bond donors (Lipinski definition) is 1. The predicted octanol–water partition coefficient (Wildman–Crippen LogP) is -0.454. The van der Waals surface area contributed by atoms with Gasteiger partial charge in [-0.05, 0) is 19.9 Å². The smallest absolute Gasteiger partial charge is 0.233 e. The highest BCUT2D eigenvalue weighted by Crippen LogP contribution is 2.35. The van der Waals surface area contributed by atoms with Crippen molar-refractivity contribution in [3.63, 3.8) is 0 Å². The fraction of sp³-hybridized carbons (Fsp3) is 0.750. The van der Waals surface area contributed by atoms with Gasteiger partial charge < -0.3 is 10.0 Å². The number of hydrogen-bond acceptors (Lipinski definition) is 5. The maximum Gasteiger partial charge on any atom is 0.233 e. The Balaban J connectivity index is 1.54. The summed E-state index contributed by atoms with van der Waals surface area (Å²) in [4.78, 5) is 30.5. The minimum Gasteiger partial charge on any atom is -0.390 e. The van der Waals surface area contributed by atoms with Gasteiger partial charge in [0.25, 0.3) is 0 Å². The normalized spacial score (nSPS) is 31.6. The van der Waals surface area contributed by atoms with Gasteiger partial charge in [0.15, 0.2) is 0 Å². The molecule has 6 heteroatoms. The van der Waals surface area contributed by atoms with Crippen molar-refractivity contribution in [3.8, 4) is 0 Å². The number of imide groups is 1. The van der Waals surface area contributed by atoms with Crippen LogP contribution in [0.15, 0.2) is 12.2 Å². The zero-order valence-corrected chi connectivity index (χ0v) is 13.1. The number of β-amino-alcohol motifs (C(OH)–C–C–N with tert-alkyl or cyclic N) is 1. The van der Waals surface area contributed by atoms with Crippen molar-refractivity contribution in [2.45, 2.75) is 18.9 Å². The Morgan fingerprint density at radius 3 is 2.14 bits per heavy atom. The Morgan fingerprint density at radius 1 is 1.05 bits per heavy atom. The average molecular weight is 307 g/mol. The largest absolute Gasteiger partial charge is 0.390 e. The molecule has 1 unspecified atom stereocenters. The summed E-state index contributed by atoms with van der Waals surface area (Å²) in [5.74, 6) is -0.602. The maximum absolute atomic E-state index is 12.4. The van der Waals surface area contributed by atoms with Crippen LogP contribution in [0.4, 0.5) is 0 Å². The van der Waals surface area contributed by atoms with E-state index >= 15 is 0 Å². The summed E-state index contributed by atoms with van der Waals surface area (Å²) in [6.45, 7) is 4.49. The molecule has 122 valence electrons. The molecule has 22 heavy (non-hydrogen) atoms. The van der Waals surface area contributed by atoms with E-state index in [1.165, 1.54) is 4.90 Å². The highest BCUT2D eigenvalue weighted by atomic mass is 16.3. The van der Waals surface area contributed by atoms with Crippen LogP contribution < -0.4 is 0 Å². The molecule has 0 saturated carbocycles. The summed E-state index contributed by atoms with van der Waals surface area (Å²) < 4.78 is 0. The standard InChI is InChI=1S/C16H25N3O3/c1-17-6-8-18(9-7-17)10-12(20)11-19-15(21)13-4-2-3-5-14(13)16(19)22/h2-3,12-14,20H,4-11H2,1H3/t12?,13-,14+. The summed E-state index contributed by atoms with van der Waals surface area (Å²) >= 11 is 0. The Labute approximate surface area is 131 Å². The first-order valence-corrected chi connectivity index (χ1v) is 8.15. The molecule has 2 saturated heterocycles. The number of allylic oxidation sites excluding steroid dienone is 2. The first-order chi connectivity index (χ1) is 10.6. The highest BCUT2D eigenvalue weighted by molar-refractivity contribution is 6.05. The molecule has 1 aliphatic carbocycles. The van der Waals surface area contributed by atoms with Crippen LogP contribution in [0, 0.1) is 11.8 Å². The number of amides is 2. The van der Waals surface area contributed by atoms with Crippen LogP contribution in [0.2, 0.25) is 0 Å². The molecule has 0 aromatic heterocycles. The number of nitrogens with zero attached hydrogens (tertiary/aromatic N) is 3. The molecule has 0 aromatic rings. The van der Waals surface area contributed by atoms with Gasteiger partial charge in [-0.1, -0.05) is 12.2 Å². The first-order valence-electron chi connectivity index (χ1n) is 8.15. The quantitative estimate of drug-likeness (QED) is 0.563. The van der Waals surface area contributed by atoms with Crippen molar-refractivity contribution in [3.05, 3.63) is 12.2 Å². The molecular formula is C16H25N3O3. The van der Waals surface area contributed by atoms with E-state index in [0.717, 1.165) is 26.2 Å². The summed E-state index contributed by atoms with van der Waals surface area (Å²) in [6, 6.07) is 0. The van der Waals surface area contributed by atoms with E-state index in [1.54, 1.807) is 0 Å². The fourth-order valence-corrected chi connectivity index (χ4v) is 3.65. The molecule has 0 radical (unpaired) electrons. The molecule has 1 N–H and O–H groups in total. The van der Waals surface area contributed by atoms with Crippen LogP contribution in [0.3, 0.4) is 0 Å². The molecule has 6 nitrogen and oxygen atoms in total. The molecule has 3 atom stereocenters. The van der Waals surface area contributed by atoms with E-state index in [4.69, 9.17) is 0 Å². The van der Waals surface area contributed by atoms with E-state index in [9.17, 15) is 14.7 Å². The number of fused-ring (bicyclic) bond motifs is 1. The summed E-state index contributed by atoms with van der Waals surface area (Å²) in [5.41, 5.74) is 0. The van der Waals surface area contributed by atoms with Gasteiger partial charge in [-0.15, -0.1) is 0 Å². The average Bonchev–Trinajstić information content (AvgIpc) is 2.75. The molecule has 0 spiro atoms. The molecule has 0 aromatic carbocycles. The number of carbonyl (C=O) groups excluding carboxylic acids is 2. The van der Waals surface area contributed by atoms with Gasteiger partial charge in [0.2, 0.25) is 11.8 Å². The first kappa shape index (κ1) is 15.6. The van der Waals surface area contributed by atoms with Crippen LogP contribution in [0.1, 0.15) is 12.8 Å². The van der Waals surface area contributed by atoms with Crippen LogP contribution in [0.25, 0.3) is 0 Å². The summed E-state index contributed by atoms with van der Waals surface area (Å²) in [5, 5.41) is 10.3. The number of rotatable bonds is 4. The lowest BCUT2D eigenvalue weighted by Gasteiger charge is -2.34. The van der Waals surface area contributed by atoms with Gasteiger partial charge >= 0.3 is 0 Å². The minimum absolute atomic E-state index is 0.100. The van der Waals surface area contributed by atoms with Crippen molar-refractivity contribution in [1.29, 1.82) is 0 Å². The van der Waals surface area contributed by atoms with Crippen molar-refractivity contribution >= 4 is 11.8 Å². The minimum atomic E-state index is -0.663. The number of aliphatic hydroxyl groups excluding tert-OH is 1. The Kier molecular flexibility index (Phi) is 4.61. The molecule has 0 bridgehead atoms. The van der Waals surface area contributed by atoms with Gasteiger partial charge in [-0.25, -0.2) is 0 Å². The monoisotopic (exact) mass is 307 g/mol. The van der Waals surface area contributed by atoms with Gasteiger partial charge in [0.1, 0.15) is 0 Å². The van der Waals surface area contributed by atoms with Crippen LogP contribution in [-0.2, 0) is 9.59 Å². The van der Waals surface area contributed by atoms with E-state index in [-0.39, 0.29) is 30.2 Å². The van der Waals surface area contributed by atoms with Crippen molar-refractivity contribution in [2.75, 3.05) is 46.3 Å². The lowest BCUT2D eigenvalue weighted by molar-refractivity contribution is -0.141. The third-order valence-electron chi connectivity index (χ3n) is 5.06. The second-order valence-electron chi connectivity index (χ2n) is 6.70. The maximum atomic E-state index is 12.4. The van der Waals surface area contributed by atoms with Gasteiger partial charge in [0, 0.05) is 32.7 Å². The molecule has 2 aliphatic heterocycles. The lowest BCUT2D eigenvalue weighted by Crippen LogP contribution is -2.49. The number of likely N-dealkylation sites (tertiary alicyclic amines) is 1. The molecule has 3 aliphatic rings. The number of piperazine rings is 1. The number of carbonyl (C=O) groups is 2. The van der Waals surface area contributed by atoms with Crippen molar-refractivity contribution in [2.24, 2.45) is 11.8 Å². The van der Waals surface area contributed by atoms with Gasteiger partial charge in [-0.3, -0.25) is 19.4 Å². The SMILES string of the molecule is CN1CCN(CC(O)CN2C(=O)[C@H]3CC=CC[C@H]3C2=O)CC1. The zero-order valence-electron chi connectivity index (χ0n) is 13.1. The van der Waals surface area contributed by atoms with E-state index in [1.807, 2.05) is 12.2 Å². The summed E-state index contributed by atoms with van der Waals surface area (Å²) in [7, 11) is 2.09. The highest BCUT2D eigenvalue weighted by Gasteiger charge is 2.47. The Hall–Kier alpha value is -1.24. The van der Waals surface area contributed by atoms with Crippen LogP contribution >= 0.6 is 0 Å². The van der Waals surface area contributed by atoms with Crippen molar-refractivity contribution < 1.29 is 14.7 Å². The van der Waals surface area contributed by atoms with E-state index < -0.39 is 6.10 Å². The molecular weight excluding hydrogens is 282 g/mol. The summed E-state index contributed by atoms with van der Waals surface area (Å²) in [6.07, 6.45) is 4.61. The Bertz CT molecular complexity index is 445. The topological polar surface area (TPSA) is 64.1 Å². The van der Waals surface area contributed by atoms with E-state index in [2.05, 4.69) is 16.8 Å². The molecule has 2 fully saturated rings.